The van der Waals surface area contributed by atoms with Crippen LogP contribution in [0.1, 0.15) is 33.7 Å². The first-order chi connectivity index (χ1) is 11.0. The van der Waals surface area contributed by atoms with E-state index in [1.54, 1.807) is 14.2 Å². The minimum Gasteiger partial charge on any atom is -0.497 e. The number of hydrogen-bond acceptors (Lipinski definition) is 3. The van der Waals surface area contributed by atoms with Gasteiger partial charge in [-0.3, -0.25) is 0 Å². The average Bonchev–Trinajstić information content (AvgIpc) is 2.53. The van der Waals surface area contributed by atoms with E-state index in [0.29, 0.717) is 6.42 Å². The third-order valence-corrected chi connectivity index (χ3v) is 4.16. The van der Waals surface area contributed by atoms with Crippen LogP contribution in [0.25, 0.3) is 0 Å². The van der Waals surface area contributed by atoms with Crippen molar-refractivity contribution in [2.45, 2.75) is 33.1 Å². The Morgan fingerprint density at radius 1 is 1.00 bits per heavy atom. The summed E-state index contributed by atoms with van der Waals surface area (Å²) in [4.78, 5) is 0. The van der Waals surface area contributed by atoms with Crippen molar-refractivity contribution in [2.75, 3.05) is 14.2 Å². The summed E-state index contributed by atoms with van der Waals surface area (Å²) < 4.78 is 10.7. The number of ether oxygens (including phenoxy) is 2. The van der Waals surface area contributed by atoms with Crippen LogP contribution in [0.2, 0.25) is 0 Å². The van der Waals surface area contributed by atoms with Gasteiger partial charge in [-0.05, 0) is 55.5 Å². The van der Waals surface area contributed by atoms with Gasteiger partial charge >= 0.3 is 0 Å². The number of methoxy groups -OCH3 is 2. The number of benzene rings is 2. The number of hydrogen-bond donors (Lipinski definition) is 0. The number of nitrogens with zero attached hydrogens (tertiary/aromatic N) is 1. The molecule has 2 aromatic carbocycles. The average molecular weight is 309 g/mol. The summed E-state index contributed by atoms with van der Waals surface area (Å²) in [5.74, 6) is 1.31. The van der Waals surface area contributed by atoms with E-state index in [4.69, 9.17) is 9.47 Å². The molecule has 2 rings (SSSR count). The minimum atomic E-state index is -0.196. The number of aryl methyl sites for hydroxylation is 3. The van der Waals surface area contributed by atoms with Crippen LogP contribution in [0.3, 0.4) is 0 Å². The highest BCUT2D eigenvalue weighted by atomic mass is 16.5. The summed E-state index contributed by atoms with van der Waals surface area (Å²) in [5.41, 5.74) is 5.70. The largest absolute Gasteiger partial charge is 0.497 e. The normalized spacial score (nSPS) is 11.7. The molecular formula is C20H23NO2. The predicted octanol–water partition coefficient (Wildman–Crippen LogP) is 4.48. The first kappa shape index (κ1) is 16.9. The molecule has 0 radical (unpaired) electrons. The smallest absolute Gasteiger partial charge is 0.125 e. The summed E-state index contributed by atoms with van der Waals surface area (Å²) in [6, 6.07) is 12.5. The Labute approximate surface area is 138 Å². The fourth-order valence-corrected chi connectivity index (χ4v) is 3.19. The molecule has 3 heteroatoms. The van der Waals surface area contributed by atoms with Gasteiger partial charge in [-0.1, -0.05) is 23.8 Å². The van der Waals surface area contributed by atoms with E-state index in [1.165, 1.54) is 16.7 Å². The van der Waals surface area contributed by atoms with Gasteiger partial charge in [-0.25, -0.2) is 0 Å². The van der Waals surface area contributed by atoms with E-state index in [1.807, 2.05) is 18.2 Å². The zero-order valence-corrected chi connectivity index (χ0v) is 14.4. The molecule has 0 aliphatic heterocycles. The fourth-order valence-electron chi connectivity index (χ4n) is 3.19. The van der Waals surface area contributed by atoms with Crippen LogP contribution in [0.15, 0.2) is 30.3 Å². The van der Waals surface area contributed by atoms with Crippen molar-refractivity contribution >= 4 is 0 Å². The Hall–Kier alpha value is -2.47. The summed E-state index contributed by atoms with van der Waals surface area (Å²) in [5, 5.41) is 9.71. The Kier molecular flexibility index (Phi) is 5.28. The van der Waals surface area contributed by atoms with Crippen molar-refractivity contribution in [3.63, 3.8) is 0 Å². The quantitative estimate of drug-likeness (QED) is 0.818. The molecule has 23 heavy (non-hydrogen) atoms. The SMILES string of the molecule is COc1ccc(CC(C#N)c2c(C)cc(C)cc2C)c(OC)c1. The summed E-state index contributed by atoms with van der Waals surface area (Å²) >= 11 is 0. The highest BCUT2D eigenvalue weighted by molar-refractivity contribution is 5.46. The molecule has 0 N–H and O–H groups in total. The van der Waals surface area contributed by atoms with Gasteiger partial charge in [0.2, 0.25) is 0 Å². The van der Waals surface area contributed by atoms with Gasteiger partial charge < -0.3 is 9.47 Å². The van der Waals surface area contributed by atoms with Crippen molar-refractivity contribution in [3.05, 3.63) is 58.1 Å². The molecule has 0 aromatic heterocycles. The lowest BCUT2D eigenvalue weighted by Gasteiger charge is -2.18. The molecule has 0 saturated heterocycles. The van der Waals surface area contributed by atoms with Crippen molar-refractivity contribution in [2.24, 2.45) is 0 Å². The van der Waals surface area contributed by atoms with E-state index in [2.05, 4.69) is 39.0 Å². The number of nitriles is 1. The molecule has 120 valence electrons. The molecule has 0 spiro atoms. The lowest BCUT2D eigenvalue weighted by atomic mass is 9.86. The zero-order valence-electron chi connectivity index (χ0n) is 14.4. The Morgan fingerprint density at radius 2 is 1.65 bits per heavy atom. The van der Waals surface area contributed by atoms with Crippen molar-refractivity contribution in [1.29, 1.82) is 5.26 Å². The summed E-state index contributed by atoms with van der Waals surface area (Å²) in [6.45, 7) is 6.23. The lowest BCUT2D eigenvalue weighted by molar-refractivity contribution is 0.390. The first-order valence-corrected chi connectivity index (χ1v) is 7.68. The second kappa shape index (κ2) is 7.19. The van der Waals surface area contributed by atoms with Gasteiger partial charge in [0, 0.05) is 6.07 Å². The molecule has 1 unspecified atom stereocenters. The van der Waals surface area contributed by atoms with Crippen molar-refractivity contribution in [1.82, 2.24) is 0 Å². The van der Waals surface area contributed by atoms with E-state index < -0.39 is 0 Å². The molecular weight excluding hydrogens is 286 g/mol. The van der Waals surface area contributed by atoms with Crippen LogP contribution in [-0.4, -0.2) is 14.2 Å². The van der Waals surface area contributed by atoms with E-state index in [-0.39, 0.29) is 5.92 Å². The van der Waals surface area contributed by atoms with Gasteiger partial charge in [-0.15, -0.1) is 0 Å². The molecule has 3 nitrogen and oxygen atoms in total. The molecule has 2 aromatic rings. The third-order valence-electron chi connectivity index (χ3n) is 4.16. The standard InChI is InChI=1S/C20H23NO2/c1-13-8-14(2)20(15(3)9-13)17(12-21)10-16-6-7-18(22-4)11-19(16)23-5/h6-9,11,17H,10H2,1-5H3. The first-order valence-electron chi connectivity index (χ1n) is 7.68. The fraction of sp³-hybridized carbons (Fsp3) is 0.350. The van der Waals surface area contributed by atoms with Crippen LogP contribution in [0.4, 0.5) is 0 Å². The number of rotatable bonds is 5. The molecule has 0 saturated carbocycles. The topological polar surface area (TPSA) is 42.2 Å². The monoisotopic (exact) mass is 309 g/mol. The lowest BCUT2D eigenvalue weighted by Crippen LogP contribution is -2.07. The van der Waals surface area contributed by atoms with Crippen LogP contribution >= 0.6 is 0 Å². The van der Waals surface area contributed by atoms with Gasteiger partial charge in [0.15, 0.2) is 0 Å². The van der Waals surface area contributed by atoms with Crippen molar-refractivity contribution in [3.8, 4) is 17.6 Å². The summed E-state index contributed by atoms with van der Waals surface area (Å²) in [6.07, 6.45) is 0.619. The second-order valence-electron chi connectivity index (χ2n) is 5.88. The minimum absolute atomic E-state index is 0.196. The predicted molar refractivity (Wildman–Crippen MR) is 92.3 cm³/mol. The summed E-state index contributed by atoms with van der Waals surface area (Å²) in [7, 11) is 3.27. The molecule has 0 fully saturated rings. The van der Waals surface area contributed by atoms with Gasteiger partial charge in [-0.2, -0.15) is 5.26 Å². The molecule has 0 bridgehead atoms. The Morgan fingerprint density at radius 3 is 2.17 bits per heavy atom. The Bertz CT molecular complexity index is 721. The molecule has 0 amide bonds. The van der Waals surface area contributed by atoms with E-state index in [9.17, 15) is 5.26 Å². The molecule has 1 atom stereocenters. The molecule has 0 heterocycles. The second-order valence-corrected chi connectivity index (χ2v) is 5.88. The Balaban J connectivity index is 2.40. The highest BCUT2D eigenvalue weighted by Crippen LogP contribution is 2.32. The van der Waals surface area contributed by atoms with Gasteiger partial charge in [0.1, 0.15) is 11.5 Å². The van der Waals surface area contributed by atoms with Gasteiger partial charge in [0.25, 0.3) is 0 Å². The maximum atomic E-state index is 9.71. The highest BCUT2D eigenvalue weighted by Gasteiger charge is 2.19. The maximum Gasteiger partial charge on any atom is 0.125 e. The van der Waals surface area contributed by atoms with Gasteiger partial charge in [0.05, 0.1) is 26.2 Å². The molecule has 0 aliphatic carbocycles. The van der Waals surface area contributed by atoms with Crippen molar-refractivity contribution < 1.29 is 9.47 Å². The van der Waals surface area contributed by atoms with E-state index >= 15 is 0 Å². The van der Waals surface area contributed by atoms with E-state index in [0.717, 1.165) is 22.6 Å². The van der Waals surface area contributed by atoms with Crippen LogP contribution in [0, 0.1) is 32.1 Å². The zero-order chi connectivity index (χ0) is 17.0. The van der Waals surface area contributed by atoms with Crippen LogP contribution in [-0.2, 0) is 6.42 Å². The van der Waals surface area contributed by atoms with Crippen LogP contribution < -0.4 is 9.47 Å². The third kappa shape index (κ3) is 3.65. The van der Waals surface area contributed by atoms with Crippen LogP contribution in [0.5, 0.6) is 11.5 Å². The maximum absolute atomic E-state index is 9.71. The molecule has 0 aliphatic rings.